The minimum Gasteiger partial charge on any atom is -0.326 e. The molecule has 0 unspecified atom stereocenters. The Labute approximate surface area is 202 Å². The summed E-state index contributed by atoms with van der Waals surface area (Å²) in [6.45, 7) is 16.5. The molecule has 0 spiro atoms. The second-order valence-electron chi connectivity index (χ2n) is 9.14. The number of nitrogens with zero attached hydrogens (tertiary/aromatic N) is 6. The third-order valence-corrected chi connectivity index (χ3v) is 6.49. The Hall–Kier alpha value is -3.10. The molecule has 2 aromatic heterocycles. The molecule has 0 aliphatic carbocycles. The first-order valence-electron chi connectivity index (χ1n) is 12.0. The van der Waals surface area contributed by atoms with Gasteiger partial charge in [0.05, 0.1) is 12.1 Å². The number of benzene rings is 1. The highest BCUT2D eigenvalue weighted by Crippen LogP contribution is 2.19. The minimum atomic E-state index is -0.0597. The van der Waals surface area contributed by atoms with E-state index >= 15 is 0 Å². The minimum absolute atomic E-state index is 0.0597. The zero-order valence-electron chi connectivity index (χ0n) is 20.9. The maximum atomic E-state index is 12.8. The number of rotatable bonds is 7. The van der Waals surface area contributed by atoms with Gasteiger partial charge in [-0.05, 0) is 58.0 Å². The fraction of sp³-hybridized carbons (Fsp3) is 0.462. The van der Waals surface area contributed by atoms with Crippen LogP contribution in [0.15, 0.2) is 30.3 Å². The van der Waals surface area contributed by atoms with Gasteiger partial charge in [0.15, 0.2) is 0 Å². The molecule has 1 aliphatic rings. The molecule has 1 aromatic carbocycles. The lowest BCUT2D eigenvalue weighted by atomic mass is 10.1. The first-order chi connectivity index (χ1) is 16.3. The first kappa shape index (κ1) is 24.0. The molecular formula is C26H35N7O. The molecule has 0 saturated carbocycles. The summed E-state index contributed by atoms with van der Waals surface area (Å²) in [5, 5.41) is 7.63. The van der Waals surface area contributed by atoms with Gasteiger partial charge in [-0.25, -0.2) is 14.6 Å². The lowest BCUT2D eigenvalue weighted by Crippen LogP contribution is -2.45. The van der Waals surface area contributed by atoms with E-state index in [0.29, 0.717) is 5.95 Å². The molecule has 8 heteroatoms. The van der Waals surface area contributed by atoms with E-state index in [0.717, 1.165) is 73.3 Å². The molecule has 1 saturated heterocycles. The van der Waals surface area contributed by atoms with Crippen LogP contribution in [-0.4, -0.2) is 68.2 Å². The Balaban J connectivity index is 1.37. The molecular weight excluding hydrogens is 426 g/mol. The molecule has 1 aliphatic heterocycles. The molecule has 34 heavy (non-hydrogen) atoms. The van der Waals surface area contributed by atoms with Crippen molar-refractivity contribution in [2.24, 2.45) is 0 Å². The summed E-state index contributed by atoms with van der Waals surface area (Å²) >= 11 is 0. The van der Waals surface area contributed by atoms with E-state index in [1.54, 1.807) is 4.68 Å². The van der Waals surface area contributed by atoms with Crippen LogP contribution in [0, 0.1) is 27.7 Å². The van der Waals surface area contributed by atoms with Crippen molar-refractivity contribution in [2.45, 2.75) is 47.6 Å². The zero-order valence-corrected chi connectivity index (χ0v) is 20.9. The van der Waals surface area contributed by atoms with Crippen LogP contribution in [0.25, 0.3) is 5.95 Å². The number of likely N-dealkylation sites (N-methyl/N-ethyl adjacent to an activating group) is 1. The van der Waals surface area contributed by atoms with Crippen LogP contribution < -0.4 is 5.32 Å². The predicted molar refractivity (Wildman–Crippen MR) is 134 cm³/mol. The molecule has 4 rings (SSSR count). The topological polar surface area (TPSA) is 79.2 Å². The number of piperazine rings is 1. The smallest absolute Gasteiger partial charge is 0.251 e. The van der Waals surface area contributed by atoms with Crippen LogP contribution in [-0.2, 0) is 17.8 Å². The van der Waals surface area contributed by atoms with Gasteiger partial charge in [-0.1, -0.05) is 19.1 Å². The Morgan fingerprint density at radius 3 is 2.18 bits per heavy atom. The molecule has 0 bridgehead atoms. The van der Waals surface area contributed by atoms with Crippen LogP contribution in [0.4, 0.5) is 5.69 Å². The first-order valence-corrected chi connectivity index (χ1v) is 12.0. The molecule has 0 radical (unpaired) electrons. The number of amides is 1. The van der Waals surface area contributed by atoms with Crippen molar-refractivity contribution in [3.8, 4) is 5.95 Å². The van der Waals surface area contributed by atoms with Crippen molar-refractivity contribution >= 4 is 11.6 Å². The van der Waals surface area contributed by atoms with Crippen LogP contribution in [0.3, 0.4) is 0 Å². The second-order valence-corrected chi connectivity index (χ2v) is 9.14. The highest BCUT2D eigenvalue weighted by molar-refractivity contribution is 5.92. The Morgan fingerprint density at radius 2 is 1.56 bits per heavy atom. The van der Waals surface area contributed by atoms with Crippen LogP contribution in [0.2, 0.25) is 0 Å². The van der Waals surface area contributed by atoms with Gasteiger partial charge in [0.25, 0.3) is 5.95 Å². The average molecular weight is 462 g/mol. The largest absolute Gasteiger partial charge is 0.326 e. The van der Waals surface area contributed by atoms with Crippen molar-refractivity contribution in [1.29, 1.82) is 0 Å². The number of nitrogens with one attached hydrogen (secondary N) is 1. The summed E-state index contributed by atoms with van der Waals surface area (Å²) < 4.78 is 1.73. The quantitative estimate of drug-likeness (QED) is 0.582. The number of aryl methyl sites for hydroxylation is 3. The lowest BCUT2D eigenvalue weighted by molar-refractivity contribution is -0.115. The van der Waals surface area contributed by atoms with Gasteiger partial charge in [-0.3, -0.25) is 9.69 Å². The van der Waals surface area contributed by atoms with E-state index in [9.17, 15) is 4.79 Å². The van der Waals surface area contributed by atoms with E-state index in [1.807, 2.05) is 45.9 Å². The second kappa shape index (κ2) is 10.4. The van der Waals surface area contributed by atoms with Crippen LogP contribution in [0.1, 0.15) is 40.8 Å². The highest BCUT2D eigenvalue weighted by atomic mass is 16.1. The van der Waals surface area contributed by atoms with Crippen molar-refractivity contribution in [3.63, 3.8) is 0 Å². The fourth-order valence-electron chi connectivity index (χ4n) is 4.51. The van der Waals surface area contributed by atoms with E-state index in [1.165, 1.54) is 5.56 Å². The molecule has 180 valence electrons. The summed E-state index contributed by atoms with van der Waals surface area (Å²) in [6.07, 6.45) is 0.256. The maximum Gasteiger partial charge on any atom is 0.251 e. The summed E-state index contributed by atoms with van der Waals surface area (Å²) in [7, 11) is 0. The van der Waals surface area contributed by atoms with E-state index in [2.05, 4.69) is 49.2 Å². The standard InChI is InChI=1S/C26H35N7O/c1-6-31-11-13-32(14-12-31)17-22-7-9-23(10-8-22)29-25(34)16-24-20(4)30-33(21(24)5)26-27-18(2)15-19(3)28-26/h7-10,15H,6,11-14,16-17H2,1-5H3,(H,29,34). The number of carbonyl (C=O) groups excluding carboxylic acids is 1. The molecule has 1 fully saturated rings. The van der Waals surface area contributed by atoms with Crippen molar-refractivity contribution in [3.05, 3.63) is 64.2 Å². The lowest BCUT2D eigenvalue weighted by Gasteiger charge is -2.34. The summed E-state index contributed by atoms with van der Waals surface area (Å²) in [6, 6.07) is 10.1. The van der Waals surface area contributed by atoms with E-state index < -0.39 is 0 Å². The molecule has 1 N–H and O–H groups in total. The van der Waals surface area contributed by atoms with Gasteiger partial charge in [0.1, 0.15) is 0 Å². The molecule has 1 amide bonds. The van der Waals surface area contributed by atoms with Crippen LogP contribution >= 0.6 is 0 Å². The van der Waals surface area contributed by atoms with Gasteiger partial charge in [0, 0.05) is 61.1 Å². The summed E-state index contributed by atoms with van der Waals surface area (Å²) in [5.74, 6) is 0.479. The third kappa shape index (κ3) is 5.69. The Bertz CT molecular complexity index is 1120. The molecule has 3 aromatic rings. The Morgan fingerprint density at radius 1 is 0.941 bits per heavy atom. The van der Waals surface area contributed by atoms with Gasteiger partial charge in [-0.15, -0.1) is 0 Å². The number of hydrogen-bond donors (Lipinski definition) is 1. The molecule has 3 heterocycles. The normalized spacial score (nSPS) is 15.0. The number of anilines is 1. The monoisotopic (exact) mass is 461 g/mol. The van der Waals surface area contributed by atoms with E-state index in [4.69, 9.17) is 0 Å². The summed E-state index contributed by atoms with van der Waals surface area (Å²) in [5.41, 5.74) is 6.46. The SMILES string of the molecule is CCN1CCN(Cc2ccc(NC(=O)Cc3c(C)nn(-c4nc(C)cc(C)n4)c3C)cc2)CC1. The zero-order chi connectivity index (χ0) is 24.2. The fourth-order valence-corrected chi connectivity index (χ4v) is 4.51. The molecule has 0 atom stereocenters. The maximum absolute atomic E-state index is 12.8. The van der Waals surface area contributed by atoms with Gasteiger partial charge >= 0.3 is 0 Å². The third-order valence-electron chi connectivity index (χ3n) is 6.49. The number of carbonyl (C=O) groups is 1. The van der Waals surface area contributed by atoms with E-state index in [-0.39, 0.29) is 12.3 Å². The van der Waals surface area contributed by atoms with Gasteiger partial charge in [-0.2, -0.15) is 5.10 Å². The summed E-state index contributed by atoms with van der Waals surface area (Å²) in [4.78, 5) is 26.8. The highest BCUT2D eigenvalue weighted by Gasteiger charge is 2.18. The van der Waals surface area contributed by atoms with Crippen molar-refractivity contribution < 1.29 is 4.79 Å². The number of hydrogen-bond acceptors (Lipinski definition) is 6. The van der Waals surface area contributed by atoms with Gasteiger partial charge in [0.2, 0.25) is 5.91 Å². The predicted octanol–water partition coefficient (Wildman–Crippen LogP) is 3.21. The van der Waals surface area contributed by atoms with Crippen LogP contribution in [0.5, 0.6) is 0 Å². The molecule has 8 nitrogen and oxygen atoms in total. The average Bonchev–Trinajstić information content (AvgIpc) is 3.08. The number of aromatic nitrogens is 4. The van der Waals surface area contributed by atoms with Crippen molar-refractivity contribution in [1.82, 2.24) is 29.5 Å². The van der Waals surface area contributed by atoms with Gasteiger partial charge < -0.3 is 10.2 Å². The van der Waals surface area contributed by atoms with Crippen molar-refractivity contribution in [2.75, 3.05) is 38.0 Å². The Kier molecular flexibility index (Phi) is 7.38.